The maximum absolute atomic E-state index is 5.88. The quantitative estimate of drug-likeness (QED) is 0.559. The van der Waals surface area contributed by atoms with Crippen molar-refractivity contribution in [3.8, 4) is 0 Å². The molecule has 0 aromatic heterocycles. The Morgan fingerprint density at radius 2 is 2.00 bits per heavy atom. The Labute approximate surface area is 63.0 Å². The molecule has 0 bridgehead atoms. The van der Waals surface area contributed by atoms with Crippen LogP contribution in [0.1, 0.15) is 32.1 Å². The van der Waals surface area contributed by atoms with Crippen LogP contribution in [0.15, 0.2) is 0 Å². The van der Waals surface area contributed by atoms with Gasteiger partial charge in [-0.1, -0.05) is 6.42 Å². The molecule has 0 spiro atoms. The van der Waals surface area contributed by atoms with Crippen molar-refractivity contribution in [2.24, 2.45) is 17.4 Å². The molecule has 0 amide bonds. The molecular formula is C8H18N2. The third-order valence-electron chi connectivity index (χ3n) is 2.22. The van der Waals surface area contributed by atoms with Crippen molar-refractivity contribution < 1.29 is 0 Å². The summed E-state index contributed by atoms with van der Waals surface area (Å²) in [5.41, 5.74) is 11.2. The molecule has 2 heteroatoms. The van der Waals surface area contributed by atoms with Crippen LogP contribution >= 0.6 is 0 Å². The largest absolute Gasteiger partial charge is 0.330 e. The van der Waals surface area contributed by atoms with Gasteiger partial charge in [0.05, 0.1) is 0 Å². The SMILES string of the molecule is NCCCCC(N)C1CC1. The van der Waals surface area contributed by atoms with E-state index in [-0.39, 0.29) is 0 Å². The van der Waals surface area contributed by atoms with Crippen molar-refractivity contribution in [2.75, 3.05) is 6.54 Å². The predicted molar refractivity (Wildman–Crippen MR) is 43.6 cm³/mol. The first-order valence-electron chi connectivity index (χ1n) is 4.30. The second-order valence-electron chi connectivity index (χ2n) is 3.29. The van der Waals surface area contributed by atoms with Gasteiger partial charge in [-0.3, -0.25) is 0 Å². The Bertz CT molecular complexity index is 89.3. The van der Waals surface area contributed by atoms with Crippen molar-refractivity contribution in [2.45, 2.75) is 38.1 Å². The van der Waals surface area contributed by atoms with E-state index in [1.165, 1.54) is 25.7 Å². The summed E-state index contributed by atoms with van der Waals surface area (Å²) in [5, 5.41) is 0. The Kier molecular flexibility index (Phi) is 3.16. The molecule has 0 saturated heterocycles. The maximum Gasteiger partial charge on any atom is 0.00671 e. The summed E-state index contributed by atoms with van der Waals surface area (Å²) in [6, 6.07) is 0.478. The van der Waals surface area contributed by atoms with E-state index in [1.54, 1.807) is 0 Å². The number of nitrogens with two attached hydrogens (primary N) is 2. The van der Waals surface area contributed by atoms with Gasteiger partial charge in [0, 0.05) is 6.04 Å². The van der Waals surface area contributed by atoms with Crippen molar-refractivity contribution >= 4 is 0 Å². The van der Waals surface area contributed by atoms with Crippen molar-refractivity contribution in [1.82, 2.24) is 0 Å². The third-order valence-corrected chi connectivity index (χ3v) is 2.22. The van der Waals surface area contributed by atoms with Crippen LogP contribution in [0, 0.1) is 5.92 Å². The van der Waals surface area contributed by atoms with E-state index >= 15 is 0 Å². The summed E-state index contributed by atoms with van der Waals surface area (Å²) < 4.78 is 0. The molecule has 1 atom stereocenters. The lowest BCUT2D eigenvalue weighted by Crippen LogP contribution is -2.22. The smallest absolute Gasteiger partial charge is 0.00671 e. The first kappa shape index (κ1) is 8.02. The molecule has 0 aromatic rings. The number of hydrogen-bond donors (Lipinski definition) is 2. The first-order valence-corrected chi connectivity index (χ1v) is 4.30. The summed E-state index contributed by atoms with van der Waals surface area (Å²) >= 11 is 0. The average Bonchev–Trinajstić information content (AvgIpc) is 2.69. The summed E-state index contributed by atoms with van der Waals surface area (Å²) in [5.74, 6) is 0.859. The highest BCUT2D eigenvalue weighted by atomic mass is 14.7. The highest BCUT2D eigenvalue weighted by Crippen LogP contribution is 2.33. The zero-order valence-electron chi connectivity index (χ0n) is 6.55. The van der Waals surface area contributed by atoms with Gasteiger partial charge in [-0.15, -0.1) is 0 Å². The fourth-order valence-electron chi connectivity index (χ4n) is 1.28. The van der Waals surface area contributed by atoms with Crippen molar-refractivity contribution in [1.29, 1.82) is 0 Å². The summed E-state index contributed by atoms with van der Waals surface area (Å²) in [4.78, 5) is 0. The van der Waals surface area contributed by atoms with Crippen molar-refractivity contribution in [3.63, 3.8) is 0 Å². The van der Waals surface area contributed by atoms with E-state index < -0.39 is 0 Å². The first-order chi connectivity index (χ1) is 4.84. The van der Waals surface area contributed by atoms with Gasteiger partial charge < -0.3 is 11.5 Å². The van der Waals surface area contributed by atoms with Gasteiger partial charge in [0.15, 0.2) is 0 Å². The molecule has 1 unspecified atom stereocenters. The monoisotopic (exact) mass is 142 g/mol. The highest BCUT2D eigenvalue weighted by molar-refractivity contribution is 4.83. The van der Waals surface area contributed by atoms with Gasteiger partial charge in [0.1, 0.15) is 0 Å². The Morgan fingerprint density at radius 3 is 2.50 bits per heavy atom. The van der Waals surface area contributed by atoms with Gasteiger partial charge in [-0.25, -0.2) is 0 Å². The third kappa shape index (κ3) is 2.67. The summed E-state index contributed by atoms with van der Waals surface area (Å²) in [6.45, 7) is 0.817. The van der Waals surface area contributed by atoms with Gasteiger partial charge >= 0.3 is 0 Å². The normalized spacial score (nSPS) is 21.0. The van der Waals surface area contributed by atoms with E-state index in [1.807, 2.05) is 0 Å². The van der Waals surface area contributed by atoms with Crippen LogP contribution in [0.25, 0.3) is 0 Å². The van der Waals surface area contributed by atoms with Gasteiger partial charge in [0.2, 0.25) is 0 Å². The van der Waals surface area contributed by atoms with Crippen LogP contribution in [0.4, 0.5) is 0 Å². The van der Waals surface area contributed by atoms with Crippen LogP contribution < -0.4 is 11.5 Å². The molecule has 1 rings (SSSR count). The second kappa shape index (κ2) is 3.94. The Balaban J connectivity index is 1.90. The fraction of sp³-hybridized carbons (Fsp3) is 1.00. The number of unbranched alkanes of at least 4 members (excludes halogenated alkanes) is 1. The molecule has 0 radical (unpaired) electrons. The molecule has 2 nitrogen and oxygen atoms in total. The van der Waals surface area contributed by atoms with Crippen molar-refractivity contribution in [3.05, 3.63) is 0 Å². The van der Waals surface area contributed by atoms with Crippen LogP contribution in [-0.2, 0) is 0 Å². The minimum Gasteiger partial charge on any atom is -0.330 e. The molecule has 0 heterocycles. The van der Waals surface area contributed by atoms with Crippen LogP contribution in [0.3, 0.4) is 0 Å². The molecule has 4 N–H and O–H groups in total. The Morgan fingerprint density at radius 1 is 1.30 bits per heavy atom. The lowest BCUT2D eigenvalue weighted by atomic mass is 10.1. The number of rotatable bonds is 5. The van der Waals surface area contributed by atoms with Crippen LogP contribution in [0.2, 0.25) is 0 Å². The minimum absolute atomic E-state index is 0.478. The highest BCUT2D eigenvalue weighted by Gasteiger charge is 2.27. The van der Waals surface area contributed by atoms with E-state index in [0.717, 1.165) is 18.9 Å². The average molecular weight is 142 g/mol. The minimum atomic E-state index is 0.478. The zero-order valence-corrected chi connectivity index (χ0v) is 6.55. The zero-order chi connectivity index (χ0) is 7.40. The summed E-state index contributed by atoms with van der Waals surface area (Å²) in [7, 11) is 0. The molecule has 1 aliphatic rings. The van der Waals surface area contributed by atoms with E-state index in [9.17, 15) is 0 Å². The van der Waals surface area contributed by atoms with E-state index in [0.29, 0.717) is 6.04 Å². The van der Waals surface area contributed by atoms with Gasteiger partial charge in [0.25, 0.3) is 0 Å². The van der Waals surface area contributed by atoms with Crippen LogP contribution in [0.5, 0.6) is 0 Å². The molecule has 1 saturated carbocycles. The Hall–Kier alpha value is -0.0800. The van der Waals surface area contributed by atoms with E-state index in [2.05, 4.69) is 0 Å². The number of hydrogen-bond acceptors (Lipinski definition) is 2. The fourth-order valence-corrected chi connectivity index (χ4v) is 1.28. The van der Waals surface area contributed by atoms with Gasteiger partial charge in [-0.05, 0) is 38.1 Å². The molecule has 60 valence electrons. The maximum atomic E-state index is 5.88. The van der Waals surface area contributed by atoms with Gasteiger partial charge in [-0.2, -0.15) is 0 Å². The molecule has 0 aliphatic heterocycles. The molecule has 0 aromatic carbocycles. The van der Waals surface area contributed by atoms with Crippen LogP contribution in [-0.4, -0.2) is 12.6 Å². The summed E-state index contributed by atoms with van der Waals surface area (Å²) in [6.07, 6.45) is 6.27. The predicted octanol–water partition coefficient (Wildman–Crippen LogP) is 0.853. The standard InChI is InChI=1S/C8H18N2/c9-6-2-1-3-8(10)7-4-5-7/h7-8H,1-6,9-10H2. The topological polar surface area (TPSA) is 52.0 Å². The lowest BCUT2D eigenvalue weighted by molar-refractivity contribution is 0.518. The van der Waals surface area contributed by atoms with E-state index in [4.69, 9.17) is 11.5 Å². The molecule has 10 heavy (non-hydrogen) atoms. The lowest BCUT2D eigenvalue weighted by Gasteiger charge is -2.07. The molecular weight excluding hydrogens is 124 g/mol. The molecule has 1 fully saturated rings. The molecule has 1 aliphatic carbocycles. The second-order valence-corrected chi connectivity index (χ2v) is 3.29.